The first-order chi connectivity index (χ1) is 7.43. The first kappa shape index (κ1) is 11.6. The van der Waals surface area contributed by atoms with Crippen LogP contribution in [0.2, 0.25) is 0 Å². The maximum atomic E-state index is 10.5. The average Bonchev–Trinajstić information content (AvgIpc) is 2.27. The maximum absolute atomic E-state index is 10.5. The van der Waals surface area contributed by atoms with E-state index in [4.69, 9.17) is 21.0 Å². The van der Waals surface area contributed by atoms with Gasteiger partial charge in [0.25, 0.3) is 0 Å². The van der Waals surface area contributed by atoms with Crippen LogP contribution in [0.3, 0.4) is 0 Å². The fourth-order valence-electron chi connectivity index (χ4n) is 1.05. The minimum atomic E-state index is -1.36. The zero-order valence-electron chi connectivity index (χ0n) is 8.02. The highest BCUT2D eigenvalue weighted by Gasteiger charge is 2.12. The summed E-state index contributed by atoms with van der Waals surface area (Å²) >= 11 is 0. The summed E-state index contributed by atoms with van der Waals surface area (Å²) in [7, 11) is 0. The number of hydrogen-bond acceptors (Lipinski definition) is 4. The van der Waals surface area contributed by atoms with Crippen molar-refractivity contribution in [3.05, 3.63) is 35.4 Å². The molecule has 0 aliphatic heterocycles. The Morgan fingerprint density at radius 1 is 0.812 bits per heavy atom. The number of carbonyl (C=O) groups is 2. The van der Waals surface area contributed by atoms with E-state index < -0.39 is 23.4 Å². The molecule has 0 atom stereocenters. The molecule has 0 amide bonds. The highest BCUT2D eigenvalue weighted by molar-refractivity contribution is 6.42. The summed E-state index contributed by atoms with van der Waals surface area (Å²) in [4.78, 5) is 20.9. The summed E-state index contributed by atoms with van der Waals surface area (Å²) in [5, 5.41) is 31.4. The molecule has 0 heterocycles. The molecule has 0 spiro atoms. The fourth-order valence-corrected chi connectivity index (χ4v) is 1.05. The zero-order valence-corrected chi connectivity index (χ0v) is 8.02. The number of carboxylic acid groups (broad SMARTS) is 2. The van der Waals surface area contributed by atoms with Crippen molar-refractivity contribution in [2.75, 3.05) is 0 Å². The van der Waals surface area contributed by atoms with E-state index in [0.717, 1.165) is 0 Å². The van der Waals surface area contributed by atoms with Crippen LogP contribution >= 0.6 is 0 Å². The lowest BCUT2D eigenvalue weighted by molar-refractivity contribution is -0.130. The Morgan fingerprint density at radius 3 is 1.25 bits per heavy atom. The second-order valence-electron chi connectivity index (χ2n) is 2.94. The third kappa shape index (κ3) is 2.30. The van der Waals surface area contributed by atoms with Crippen molar-refractivity contribution < 1.29 is 19.8 Å². The van der Waals surface area contributed by atoms with Crippen LogP contribution in [-0.2, 0) is 9.59 Å². The van der Waals surface area contributed by atoms with Crippen molar-refractivity contribution in [3.8, 4) is 0 Å². The highest BCUT2D eigenvalue weighted by Crippen LogP contribution is 2.06. The van der Waals surface area contributed by atoms with Crippen LogP contribution in [0.15, 0.2) is 24.3 Å². The van der Waals surface area contributed by atoms with Crippen molar-refractivity contribution in [1.29, 1.82) is 10.8 Å². The summed E-state index contributed by atoms with van der Waals surface area (Å²) in [5.41, 5.74) is -0.828. The van der Waals surface area contributed by atoms with E-state index in [2.05, 4.69) is 0 Å². The van der Waals surface area contributed by atoms with Gasteiger partial charge in [-0.3, -0.25) is 10.8 Å². The van der Waals surface area contributed by atoms with E-state index in [-0.39, 0.29) is 11.1 Å². The molecule has 6 nitrogen and oxygen atoms in total. The highest BCUT2D eigenvalue weighted by atomic mass is 16.4. The lowest BCUT2D eigenvalue weighted by Crippen LogP contribution is -2.15. The summed E-state index contributed by atoms with van der Waals surface area (Å²) in [6.45, 7) is 0. The molecule has 0 fully saturated rings. The standard InChI is InChI=1S/C10H8N2O4/c11-7(9(13)14)5-1-2-6(4-3-5)8(12)10(15)16/h1-4,11-12H,(H,13,14)(H,15,16). The molecular formula is C10H8N2O4. The quantitative estimate of drug-likeness (QED) is 0.554. The van der Waals surface area contributed by atoms with E-state index >= 15 is 0 Å². The number of carboxylic acids is 2. The molecule has 1 aromatic carbocycles. The van der Waals surface area contributed by atoms with Crippen molar-refractivity contribution in [2.45, 2.75) is 0 Å². The smallest absolute Gasteiger partial charge is 0.354 e. The van der Waals surface area contributed by atoms with Crippen LogP contribution in [0.1, 0.15) is 11.1 Å². The third-order valence-electron chi connectivity index (χ3n) is 1.89. The predicted octanol–water partition coefficient (Wildman–Crippen LogP) is 0.592. The Kier molecular flexibility index (Phi) is 3.14. The van der Waals surface area contributed by atoms with E-state index in [0.29, 0.717) is 0 Å². The van der Waals surface area contributed by atoms with Crippen LogP contribution in [0, 0.1) is 10.8 Å². The van der Waals surface area contributed by atoms with Gasteiger partial charge >= 0.3 is 11.9 Å². The zero-order chi connectivity index (χ0) is 12.3. The topological polar surface area (TPSA) is 122 Å². The van der Waals surface area contributed by atoms with Crippen LogP contribution in [0.25, 0.3) is 0 Å². The summed E-state index contributed by atoms with van der Waals surface area (Å²) in [6, 6.07) is 5.18. The van der Waals surface area contributed by atoms with Gasteiger partial charge in [0.1, 0.15) is 11.4 Å². The van der Waals surface area contributed by atoms with Crippen LogP contribution in [-0.4, -0.2) is 33.6 Å². The lowest BCUT2D eigenvalue weighted by Gasteiger charge is -2.01. The van der Waals surface area contributed by atoms with Gasteiger partial charge in [0.05, 0.1) is 0 Å². The molecule has 82 valence electrons. The molecule has 0 aliphatic rings. The van der Waals surface area contributed by atoms with Gasteiger partial charge in [0.2, 0.25) is 0 Å². The third-order valence-corrected chi connectivity index (χ3v) is 1.89. The number of benzene rings is 1. The molecule has 1 aromatic rings. The summed E-state index contributed by atoms with van der Waals surface area (Å²) in [6.07, 6.45) is 0. The van der Waals surface area contributed by atoms with Crippen molar-refractivity contribution in [1.82, 2.24) is 0 Å². The number of aliphatic carboxylic acids is 2. The van der Waals surface area contributed by atoms with Gasteiger partial charge in [0, 0.05) is 11.1 Å². The Balaban J connectivity index is 3.00. The first-order valence-electron chi connectivity index (χ1n) is 4.18. The van der Waals surface area contributed by atoms with Gasteiger partial charge < -0.3 is 10.2 Å². The minimum Gasteiger partial charge on any atom is -0.477 e. The van der Waals surface area contributed by atoms with E-state index in [1.54, 1.807) is 0 Å². The normalized spacial score (nSPS) is 9.50. The molecule has 0 saturated heterocycles. The molecule has 1 rings (SSSR count). The monoisotopic (exact) mass is 220 g/mol. The largest absolute Gasteiger partial charge is 0.477 e. The Bertz CT molecular complexity index is 431. The van der Waals surface area contributed by atoms with Crippen LogP contribution in [0.4, 0.5) is 0 Å². The van der Waals surface area contributed by atoms with Gasteiger partial charge in [-0.1, -0.05) is 24.3 Å². The van der Waals surface area contributed by atoms with E-state index in [1.807, 2.05) is 0 Å². The second kappa shape index (κ2) is 4.35. The van der Waals surface area contributed by atoms with E-state index in [1.165, 1.54) is 24.3 Å². The van der Waals surface area contributed by atoms with Crippen molar-refractivity contribution >= 4 is 23.4 Å². The van der Waals surface area contributed by atoms with Gasteiger partial charge in [-0.25, -0.2) is 9.59 Å². The van der Waals surface area contributed by atoms with Crippen LogP contribution in [0.5, 0.6) is 0 Å². The summed E-state index contributed by atoms with van der Waals surface area (Å²) in [5.74, 6) is -2.72. The SMILES string of the molecule is N=C(C(=O)O)c1ccc(C(=N)C(=O)O)cc1. The van der Waals surface area contributed by atoms with Crippen molar-refractivity contribution in [2.24, 2.45) is 0 Å². The maximum Gasteiger partial charge on any atom is 0.354 e. The van der Waals surface area contributed by atoms with E-state index in [9.17, 15) is 9.59 Å². The Hall–Kier alpha value is -2.50. The molecule has 16 heavy (non-hydrogen) atoms. The number of hydrogen-bond donors (Lipinski definition) is 4. The summed E-state index contributed by atoms with van der Waals surface area (Å²) < 4.78 is 0. The van der Waals surface area contributed by atoms with Gasteiger partial charge in [-0.05, 0) is 0 Å². The molecule has 0 aliphatic carbocycles. The van der Waals surface area contributed by atoms with Gasteiger partial charge in [0.15, 0.2) is 0 Å². The molecule has 6 heteroatoms. The molecule has 4 N–H and O–H groups in total. The molecule has 0 aromatic heterocycles. The molecular weight excluding hydrogens is 212 g/mol. The molecule has 0 radical (unpaired) electrons. The first-order valence-corrected chi connectivity index (χ1v) is 4.18. The lowest BCUT2D eigenvalue weighted by atomic mass is 10.0. The second-order valence-corrected chi connectivity index (χ2v) is 2.94. The van der Waals surface area contributed by atoms with Gasteiger partial charge in [-0.15, -0.1) is 0 Å². The van der Waals surface area contributed by atoms with Gasteiger partial charge in [-0.2, -0.15) is 0 Å². The Labute approximate surface area is 90.2 Å². The average molecular weight is 220 g/mol. The van der Waals surface area contributed by atoms with Crippen molar-refractivity contribution in [3.63, 3.8) is 0 Å². The Morgan fingerprint density at radius 2 is 1.06 bits per heavy atom. The fraction of sp³-hybridized carbons (Fsp3) is 0. The molecule has 0 bridgehead atoms. The number of nitrogens with one attached hydrogen (secondary N) is 2. The van der Waals surface area contributed by atoms with Crippen LogP contribution < -0.4 is 0 Å². The minimum absolute atomic E-state index is 0.162. The molecule has 0 saturated carbocycles. The molecule has 0 unspecified atom stereocenters. The predicted molar refractivity (Wildman–Crippen MR) is 55.4 cm³/mol. The number of rotatable bonds is 4.